The molecule has 0 radical (unpaired) electrons. The van der Waals surface area contributed by atoms with E-state index in [0.29, 0.717) is 0 Å². The summed E-state index contributed by atoms with van der Waals surface area (Å²) in [6, 6.07) is 0.250. The minimum atomic E-state index is 0.250. The van der Waals surface area contributed by atoms with Gasteiger partial charge in [-0.2, -0.15) is 0 Å². The van der Waals surface area contributed by atoms with Gasteiger partial charge in [0.1, 0.15) is 0 Å². The Bertz CT molecular complexity index is 230. The van der Waals surface area contributed by atoms with E-state index in [-0.39, 0.29) is 6.04 Å². The van der Waals surface area contributed by atoms with E-state index in [9.17, 15) is 0 Å². The highest BCUT2D eigenvalue weighted by atomic mass is 32.1. The van der Waals surface area contributed by atoms with Crippen molar-refractivity contribution >= 4 is 11.3 Å². The molecule has 0 saturated heterocycles. The van der Waals surface area contributed by atoms with E-state index in [1.165, 1.54) is 16.3 Å². The fraction of sp³-hybridized carbons (Fsp3) is 0.667. The van der Waals surface area contributed by atoms with Gasteiger partial charge in [0, 0.05) is 17.1 Å². The van der Waals surface area contributed by atoms with Crippen LogP contribution in [0.25, 0.3) is 0 Å². The molecule has 0 aliphatic rings. The van der Waals surface area contributed by atoms with Crippen LogP contribution in [0.2, 0.25) is 0 Å². The summed E-state index contributed by atoms with van der Waals surface area (Å²) < 4.78 is 0. The third-order valence-electron chi connectivity index (χ3n) is 1.59. The van der Waals surface area contributed by atoms with Gasteiger partial charge in [0.25, 0.3) is 0 Å². The van der Waals surface area contributed by atoms with Crippen LogP contribution >= 0.6 is 11.3 Å². The van der Waals surface area contributed by atoms with Gasteiger partial charge >= 0.3 is 0 Å². The number of nitrogens with two attached hydrogens (primary N) is 1. The van der Waals surface area contributed by atoms with Gasteiger partial charge in [-0.1, -0.05) is 6.92 Å². The van der Waals surface area contributed by atoms with Crippen LogP contribution in [-0.2, 0) is 12.8 Å². The third-order valence-corrected chi connectivity index (χ3v) is 2.67. The topological polar surface area (TPSA) is 38.9 Å². The average molecular weight is 184 g/mol. The van der Waals surface area contributed by atoms with Crippen molar-refractivity contribution in [2.45, 2.75) is 39.2 Å². The minimum Gasteiger partial charge on any atom is -0.328 e. The van der Waals surface area contributed by atoms with E-state index in [0.717, 1.165) is 12.8 Å². The monoisotopic (exact) mass is 184 g/mol. The van der Waals surface area contributed by atoms with Gasteiger partial charge in [0.15, 0.2) is 0 Å². The Hall–Kier alpha value is -0.410. The molecular weight excluding hydrogens is 168 g/mol. The Kier molecular flexibility index (Phi) is 3.69. The summed E-state index contributed by atoms with van der Waals surface area (Å²) in [6.45, 7) is 4.20. The summed E-state index contributed by atoms with van der Waals surface area (Å²) in [6.07, 6.45) is 5.19. The Labute approximate surface area is 77.8 Å². The normalized spacial score (nSPS) is 13.2. The first-order valence-electron chi connectivity index (χ1n) is 4.41. The van der Waals surface area contributed by atoms with Gasteiger partial charge in [-0.15, -0.1) is 11.3 Å². The van der Waals surface area contributed by atoms with Gasteiger partial charge < -0.3 is 5.73 Å². The second-order valence-corrected chi connectivity index (χ2v) is 4.35. The first-order chi connectivity index (χ1) is 5.72. The smallest absolute Gasteiger partial charge is 0.0927 e. The lowest BCUT2D eigenvalue weighted by molar-refractivity contribution is 0.745. The standard InChI is InChI=1S/C9H16N2S/c1-3-4-9-11-6-8(12-9)5-7(2)10/h6-7H,3-5,10H2,1-2H3. The molecule has 0 amide bonds. The second-order valence-electron chi connectivity index (χ2n) is 3.15. The van der Waals surface area contributed by atoms with Crippen molar-refractivity contribution in [2.75, 3.05) is 0 Å². The first-order valence-corrected chi connectivity index (χ1v) is 5.23. The van der Waals surface area contributed by atoms with Gasteiger partial charge in [-0.05, 0) is 26.2 Å². The molecule has 1 heterocycles. The van der Waals surface area contributed by atoms with Gasteiger partial charge in [-0.3, -0.25) is 0 Å². The summed E-state index contributed by atoms with van der Waals surface area (Å²) in [4.78, 5) is 5.64. The summed E-state index contributed by atoms with van der Waals surface area (Å²) in [5, 5.41) is 1.24. The summed E-state index contributed by atoms with van der Waals surface area (Å²) >= 11 is 1.79. The number of thiazole rings is 1. The van der Waals surface area contributed by atoms with Crippen molar-refractivity contribution in [1.82, 2.24) is 4.98 Å². The zero-order valence-corrected chi connectivity index (χ0v) is 8.53. The highest BCUT2D eigenvalue weighted by Crippen LogP contribution is 2.15. The molecule has 1 rings (SSSR count). The van der Waals surface area contributed by atoms with Crippen LogP contribution < -0.4 is 5.73 Å². The highest BCUT2D eigenvalue weighted by molar-refractivity contribution is 7.11. The van der Waals surface area contributed by atoms with Crippen molar-refractivity contribution in [3.05, 3.63) is 16.1 Å². The lowest BCUT2D eigenvalue weighted by Crippen LogP contribution is -2.16. The lowest BCUT2D eigenvalue weighted by atomic mass is 10.2. The molecule has 0 fully saturated rings. The largest absolute Gasteiger partial charge is 0.328 e. The van der Waals surface area contributed by atoms with Crippen LogP contribution in [0.3, 0.4) is 0 Å². The Morgan fingerprint density at radius 2 is 2.42 bits per heavy atom. The maximum atomic E-state index is 5.69. The number of aromatic nitrogens is 1. The number of nitrogens with zero attached hydrogens (tertiary/aromatic N) is 1. The maximum Gasteiger partial charge on any atom is 0.0927 e. The molecule has 2 N–H and O–H groups in total. The van der Waals surface area contributed by atoms with Crippen LogP contribution in [0, 0.1) is 0 Å². The van der Waals surface area contributed by atoms with Crippen LogP contribution in [0.1, 0.15) is 30.2 Å². The molecule has 0 spiro atoms. The lowest BCUT2D eigenvalue weighted by Gasteiger charge is -1.99. The van der Waals surface area contributed by atoms with Gasteiger partial charge in [0.05, 0.1) is 5.01 Å². The molecule has 0 bridgehead atoms. The van der Waals surface area contributed by atoms with E-state index in [1.54, 1.807) is 11.3 Å². The maximum absolute atomic E-state index is 5.69. The quantitative estimate of drug-likeness (QED) is 0.777. The van der Waals surface area contributed by atoms with Crippen molar-refractivity contribution in [2.24, 2.45) is 5.73 Å². The fourth-order valence-electron chi connectivity index (χ4n) is 1.09. The zero-order chi connectivity index (χ0) is 8.97. The molecular formula is C9H16N2S. The molecule has 3 heteroatoms. The van der Waals surface area contributed by atoms with Crippen LogP contribution in [0.4, 0.5) is 0 Å². The van der Waals surface area contributed by atoms with Crippen molar-refractivity contribution in [3.63, 3.8) is 0 Å². The number of hydrogen-bond donors (Lipinski definition) is 1. The van der Waals surface area contributed by atoms with Crippen LogP contribution in [0.5, 0.6) is 0 Å². The first kappa shape index (κ1) is 9.68. The molecule has 1 aromatic heterocycles. The molecule has 0 saturated carbocycles. The van der Waals surface area contributed by atoms with E-state index < -0.39 is 0 Å². The van der Waals surface area contributed by atoms with E-state index in [4.69, 9.17) is 5.73 Å². The summed E-state index contributed by atoms with van der Waals surface area (Å²) in [7, 11) is 0. The Morgan fingerprint density at radius 1 is 1.67 bits per heavy atom. The predicted octanol–water partition coefficient (Wildman–Crippen LogP) is 1.99. The van der Waals surface area contributed by atoms with Gasteiger partial charge in [-0.25, -0.2) is 4.98 Å². The molecule has 0 aliphatic heterocycles. The predicted molar refractivity (Wildman–Crippen MR) is 53.5 cm³/mol. The second kappa shape index (κ2) is 4.58. The van der Waals surface area contributed by atoms with E-state index >= 15 is 0 Å². The Balaban J connectivity index is 2.52. The fourth-order valence-corrected chi connectivity index (χ4v) is 2.26. The highest BCUT2D eigenvalue weighted by Gasteiger charge is 2.02. The number of hydrogen-bond acceptors (Lipinski definition) is 3. The Morgan fingerprint density at radius 3 is 3.00 bits per heavy atom. The molecule has 1 atom stereocenters. The molecule has 1 unspecified atom stereocenters. The number of rotatable bonds is 4. The van der Waals surface area contributed by atoms with E-state index in [1.807, 2.05) is 13.1 Å². The molecule has 12 heavy (non-hydrogen) atoms. The van der Waals surface area contributed by atoms with Crippen LogP contribution in [0.15, 0.2) is 6.20 Å². The molecule has 0 aromatic carbocycles. The van der Waals surface area contributed by atoms with Crippen molar-refractivity contribution < 1.29 is 0 Å². The zero-order valence-electron chi connectivity index (χ0n) is 7.71. The third kappa shape index (κ3) is 2.91. The van der Waals surface area contributed by atoms with Gasteiger partial charge in [0.2, 0.25) is 0 Å². The number of aryl methyl sites for hydroxylation is 1. The summed E-state index contributed by atoms with van der Waals surface area (Å²) in [5.41, 5.74) is 5.69. The SMILES string of the molecule is CCCc1ncc(CC(C)N)s1. The minimum absolute atomic E-state index is 0.250. The van der Waals surface area contributed by atoms with Crippen LogP contribution in [-0.4, -0.2) is 11.0 Å². The average Bonchev–Trinajstić information content (AvgIpc) is 2.36. The summed E-state index contributed by atoms with van der Waals surface area (Å²) in [5.74, 6) is 0. The molecule has 1 aromatic rings. The molecule has 68 valence electrons. The van der Waals surface area contributed by atoms with Crippen molar-refractivity contribution in [3.8, 4) is 0 Å². The molecule has 0 aliphatic carbocycles. The molecule has 2 nitrogen and oxygen atoms in total. The van der Waals surface area contributed by atoms with E-state index in [2.05, 4.69) is 11.9 Å². The van der Waals surface area contributed by atoms with Crippen molar-refractivity contribution in [1.29, 1.82) is 0 Å².